The molecule has 0 unspecified atom stereocenters. The van der Waals surface area contributed by atoms with Crippen molar-refractivity contribution in [1.29, 1.82) is 0 Å². The van der Waals surface area contributed by atoms with Crippen molar-refractivity contribution in [3.05, 3.63) is 65.7 Å². The van der Waals surface area contributed by atoms with Gasteiger partial charge in [-0.1, -0.05) is 37.6 Å². The third-order valence-electron chi connectivity index (χ3n) is 4.70. The molecule has 4 rings (SSSR count). The van der Waals surface area contributed by atoms with E-state index in [1.54, 1.807) is 42.5 Å². The number of nitrogens with one attached hydrogen (secondary N) is 1. The van der Waals surface area contributed by atoms with Crippen molar-refractivity contribution in [3.8, 4) is 0 Å². The van der Waals surface area contributed by atoms with Crippen LogP contribution in [-0.4, -0.2) is 13.5 Å². The second-order valence-corrected chi connectivity index (χ2v) is 9.25. The number of hydrogen-bond acceptors (Lipinski definition) is 4. The van der Waals surface area contributed by atoms with Gasteiger partial charge in [0.15, 0.2) is 0 Å². The number of anilines is 1. The highest BCUT2D eigenvalue weighted by atomic mass is 32.2. The second kappa shape index (κ2) is 7.02. The minimum atomic E-state index is -3.76. The molecule has 6 heteroatoms. The maximum absolute atomic E-state index is 13.0. The molecule has 3 aromatic carbocycles. The lowest BCUT2D eigenvalue weighted by Gasteiger charge is -2.12. The number of unbranched alkanes of at least 4 members (excludes halogenated alkanes) is 1. The monoisotopic (exact) mass is 397 g/mol. The summed E-state index contributed by atoms with van der Waals surface area (Å²) in [6.07, 6.45) is 3.23. The smallest absolute Gasteiger partial charge is 0.262 e. The number of rotatable bonds is 6. The molecule has 3 aromatic rings. The lowest BCUT2D eigenvalue weighted by atomic mass is 10.1. The Hall–Kier alpha value is -2.31. The fourth-order valence-electron chi connectivity index (χ4n) is 3.32. The average Bonchev–Trinajstić information content (AvgIpc) is 2.99. The van der Waals surface area contributed by atoms with E-state index in [-0.39, 0.29) is 10.0 Å². The molecular weight excluding hydrogens is 378 g/mol. The minimum Gasteiger partial charge on any atom is -0.281 e. The molecule has 1 N–H and O–H groups in total. The summed E-state index contributed by atoms with van der Waals surface area (Å²) >= 11 is 1.15. The van der Waals surface area contributed by atoms with E-state index in [1.807, 2.05) is 12.1 Å². The fourth-order valence-corrected chi connectivity index (χ4v) is 5.52. The van der Waals surface area contributed by atoms with Crippen molar-refractivity contribution in [2.75, 3.05) is 4.72 Å². The highest BCUT2D eigenvalue weighted by Gasteiger charge is 2.27. The number of aryl methyl sites for hydroxylation is 1. The first-order chi connectivity index (χ1) is 13.0. The third-order valence-corrected chi connectivity index (χ3v) is 7.10. The summed E-state index contributed by atoms with van der Waals surface area (Å²) in [6.45, 7) is 2.15. The topological polar surface area (TPSA) is 63.2 Å². The molecular formula is C21H19NO3S2. The maximum atomic E-state index is 13.0. The molecule has 0 saturated heterocycles. The summed E-state index contributed by atoms with van der Waals surface area (Å²) in [7, 11) is -3.76. The van der Waals surface area contributed by atoms with Crippen LogP contribution >= 0.6 is 11.8 Å². The van der Waals surface area contributed by atoms with Crippen LogP contribution in [0, 0.1) is 0 Å². The van der Waals surface area contributed by atoms with Gasteiger partial charge >= 0.3 is 0 Å². The van der Waals surface area contributed by atoms with E-state index >= 15 is 0 Å². The number of carbonyl (C=O) groups excluding carboxylic acids is 1. The highest BCUT2D eigenvalue weighted by molar-refractivity contribution is 8.14. The largest absolute Gasteiger partial charge is 0.281 e. The summed E-state index contributed by atoms with van der Waals surface area (Å²) in [5.74, 6) is 0. The van der Waals surface area contributed by atoms with Crippen molar-refractivity contribution in [2.45, 2.75) is 36.0 Å². The zero-order valence-corrected chi connectivity index (χ0v) is 16.5. The molecule has 138 valence electrons. The van der Waals surface area contributed by atoms with E-state index in [2.05, 4.69) is 11.6 Å². The first-order valence-electron chi connectivity index (χ1n) is 8.89. The summed E-state index contributed by atoms with van der Waals surface area (Å²) in [5, 5.41) is 1.27. The molecule has 1 aliphatic heterocycles. The summed E-state index contributed by atoms with van der Waals surface area (Å²) in [4.78, 5) is 13.1. The molecule has 4 nitrogen and oxygen atoms in total. The van der Waals surface area contributed by atoms with Gasteiger partial charge in [-0.05, 0) is 60.5 Å². The predicted molar refractivity (Wildman–Crippen MR) is 110 cm³/mol. The Kier molecular flexibility index (Phi) is 4.70. The summed E-state index contributed by atoms with van der Waals surface area (Å²) in [5.41, 5.74) is 2.30. The molecule has 1 aliphatic rings. The normalized spacial score (nSPS) is 13.3. The van der Waals surface area contributed by atoms with Crippen LogP contribution < -0.4 is 4.72 Å². The molecule has 0 aliphatic carbocycles. The number of thioether (sulfide) groups is 1. The lowest BCUT2D eigenvalue weighted by Crippen LogP contribution is -2.13. The second-order valence-electron chi connectivity index (χ2n) is 6.59. The van der Waals surface area contributed by atoms with E-state index in [0.29, 0.717) is 16.6 Å². The average molecular weight is 398 g/mol. The molecule has 0 atom stereocenters. The van der Waals surface area contributed by atoms with Crippen molar-refractivity contribution in [1.82, 2.24) is 0 Å². The highest BCUT2D eigenvalue weighted by Crippen LogP contribution is 2.42. The van der Waals surface area contributed by atoms with Crippen molar-refractivity contribution in [3.63, 3.8) is 0 Å². The Bertz CT molecular complexity index is 1140. The van der Waals surface area contributed by atoms with Crippen LogP contribution in [0.1, 0.15) is 35.7 Å². The van der Waals surface area contributed by atoms with Gasteiger partial charge in [0.05, 0.1) is 4.90 Å². The van der Waals surface area contributed by atoms with Gasteiger partial charge in [-0.25, -0.2) is 8.42 Å². The fraction of sp³-hybridized carbons (Fsp3) is 0.190. The first kappa shape index (κ1) is 18.1. The van der Waals surface area contributed by atoms with E-state index in [0.717, 1.165) is 41.3 Å². The summed E-state index contributed by atoms with van der Waals surface area (Å²) in [6, 6.07) is 16.0. The molecule has 0 saturated carbocycles. The first-order valence-corrected chi connectivity index (χ1v) is 11.2. The van der Waals surface area contributed by atoms with Gasteiger partial charge in [-0.3, -0.25) is 9.52 Å². The van der Waals surface area contributed by atoms with Gasteiger partial charge in [0.25, 0.3) is 10.0 Å². The van der Waals surface area contributed by atoms with Crippen molar-refractivity contribution >= 4 is 43.4 Å². The molecule has 0 aromatic heterocycles. The number of hydrogen-bond donors (Lipinski definition) is 1. The van der Waals surface area contributed by atoms with Gasteiger partial charge in [-0.15, -0.1) is 0 Å². The SMILES string of the molecule is CCCCc1ccc(NS(=O)(=O)c2ccc3c4c(cccc24)C(=O)S3)cc1. The van der Waals surface area contributed by atoms with E-state index in [9.17, 15) is 13.2 Å². The standard InChI is InChI=1S/C21H19NO3S2/c1-2-3-5-14-8-10-15(11-9-14)22-27(24,25)19-13-12-18-20-16(19)6-4-7-17(20)21(23)26-18/h4,6-13,22H,2-3,5H2,1H3. The van der Waals surface area contributed by atoms with Crippen molar-refractivity contribution < 1.29 is 13.2 Å². The molecule has 0 amide bonds. The van der Waals surface area contributed by atoms with Crippen LogP contribution in [0.5, 0.6) is 0 Å². The van der Waals surface area contributed by atoms with Crippen LogP contribution in [0.4, 0.5) is 5.69 Å². The Morgan fingerprint density at radius 3 is 2.52 bits per heavy atom. The summed E-state index contributed by atoms with van der Waals surface area (Å²) < 4.78 is 28.6. The Labute approximate surface area is 163 Å². The third kappa shape index (κ3) is 3.35. The van der Waals surface area contributed by atoms with Crippen LogP contribution in [0.3, 0.4) is 0 Å². The zero-order chi connectivity index (χ0) is 19.0. The number of carbonyl (C=O) groups is 1. The lowest BCUT2D eigenvalue weighted by molar-refractivity contribution is 0.109. The Morgan fingerprint density at radius 2 is 1.78 bits per heavy atom. The van der Waals surface area contributed by atoms with Crippen molar-refractivity contribution in [2.24, 2.45) is 0 Å². The number of benzene rings is 3. The molecule has 0 fully saturated rings. The Morgan fingerprint density at radius 1 is 1.00 bits per heavy atom. The predicted octanol–water partition coefficient (Wildman–Crippen LogP) is 5.23. The van der Waals surface area contributed by atoms with E-state index in [4.69, 9.17) is 0 Å². The zero-order valence-electron chi connectivity index (χ0n) is 14.9. The number of sulfonamides is 1. The Balaban J connectivity index is 1.69. The van der Waals surface area contributed by atoms with Gasteiger partial charge in [0.2, 0.25) is 5.12 Å². The minimum absolute atomic E-state index is 0.0409. The van der Waals surface area contributed by atoms with Gasteiger partial charge in [-0.2, -0.15) is 0 Å². The van der Waals surface area contributed by atoms with E-state index < -0.39 is 10.0 Å². The van der Waals surface area contributed by atoms with Crippen LogP contribution in [0.25, 0.3) is 10.8 Å². The van der Waals surface area contributed by atoms with Gasteiger partial charge in [0.1, 0.15) is 0 Å². The van der Waals surface area contributed by atoms with Crippen LogP contribution in [0.2, 0.25) is 0 Å². The van der Waals surface area contributed by atoms with Crippen LogP contribution in [0.15, 0.2) is 64.4 Å². The molecule has 1 heterocycles. The molecule has 0 radical (unpaired) electrons. The van der Waals surface area contributed by atoms with Gasteiger partial charge < -0.3 is 0 Å². The van der Waals surface area contributed by atoms with Crippen LogP contribution in [-0.2, 0) is 16.4 Å². The molecule has 0 bridgehead atoms. The van der Waals surface area contributed by atoms with E-state index in [1.165, 1.54) is 5.56 Å². The maximum Gasteiger partial charge on any atom is 0.262 e. The molecule has 0 spiro atoms. The molecule has 27 heavy (non-hydrogen) atoms. The van der Waals surface area contributed by atoms with Gasteiger partial charge in [0, 0.05) is 26.9 Å². The quantitative estimate of drug-likeness (QED) is 0.619.